The van der Waals surface area contributed by atoms with Crippen LogP contribution in [-0.2, 0) is 41.5 Å². The Labute approximate surface area is 210 Å². The molecule has 3 atom stereocenters. The summed E-state index contributed by atoms with van der Waals surface area (Å²) in [5, 5.41) is 8.39. The Hall–Kier alpha value is -3.72. The van der Waals surface area contributed by atoms with E-state index in [0.29, 0.717) is 19.4 Å². The third kappa shape index (κ3) is 8.20. The van der Waals surface area contributed by atoms with Crippen LogP contribution < -0.4 is 16.0 Å². The van der Waals surface area contributed by atoms with Crippen LogP contribution in [0.2, 0.25) is 0 Å². The van der Waals surface area contributed by atoms with E-state index in [1.807, 2.05) is 60.7 Å². The van der Waals surface area contributed by atoms with Gasteiger partial charge in [-0.1, -0.05) is 60.7 Å². The fourth-order valence-electron chi connectivity index (χ4n) is 3.43. The van der Waals surface area contributed by atoms with Crippen molar-refractivity contribution in [1.29, 1.82) is 0 Å². The molecule has 0 aromatic heterocycles. The van der Waals surface area contributed by atoms with Gasteiger partial charge in [-0.3, -0.25) is 24.5 Å². The summed E-state index contributed by atoms with van der Waals surface area (Å²) in [5.74, 6) is -2.00. The maximum Gasteiger partial charge on any atom is 0.328 e. The van der Waals surface area contributed by atoms with Crippen LogP contribution in [0.15, 0.2) is 60.7 Å². The highest BCUT2D eigenvalue weighted by Crippen LogP contribution is 2.17. The van der Waals surface area contributed by atoms with Crippen molar-refractivity contribution >= 4 is 23.8 Å². The van der Waals surface area contributed by atoms with E-state index < -0.39 is 48.2 Å². The summed E-state index contributed by atoms with van der Waals surface area (Å²) in [6, 6.07) is 16.6. The molecule has 9 heteroatoms. The molecule has 0 radical (unpaired) electrons. The zero-order chi connectivity index (χ0) is 26.1. The molecule has 1 heterocycles. The van der Waals surface area contributed by atoms with E-state index in [1.165, 1.54) is 0 Å². The van der Waals surface area contributed by atoms with Gasteiger partial charge in [-0.2, -0.15) is 0 Å². The van der Waals surface area contributed by atoms with Gasteiger partial charge < -0.3 is 20.1 Å². The van der Waals surface area contributed by atoms with Crippen molar-refractivity contribution in [2.75, 3.05) is 13.3 Å². The second-order valence-electron chi connectivity index (χ2n) is 9.66. The SMILES string of the molecule is CC(C)(C)C(=O)OCOC(=O)[C@H]1N[C@@H]1C(=O)N[C@@H](Cc1ccccc1)C(=O)NCCc1ccccc1. The van der Waals surface area contributed by atoms with E-state index in [4.69, 9.17) is 9.47 Å². The zero-order valence-electron chi connectivity index (χ0n) is 20.8. The van der Waals surface area contributed by atoms with Crippen molar-refractivity contribution in [2.45, 2.75) is 51.7 Å². The Morgan fingerprint density at radius 3 is 2.11 bits per heavy atom. The second kappa shape index (κ2) is 12.3. The van der Waals surface area contributed by atoms with E-state index in [-0.39, 0.29) is 5.91 Å². The Kier molecular flexibility index (Phi) is 9.19. The van der Waals surface area contributed by atoms with Gasteiger partial charge in [-0.05, 0) is 38.3 Å². The molecule has 3 rings (SSSR count). The van der Waals surface area contributed by atoms with E-state index >= 15 is 0 Å². The van der Waals surface area contributed by atoms with Crippen LogP contribution in [0.1, 0.15) is 31.9 Å². The van der Waals surface area contributed by atoms with Crippen LogP contribution in [0, 0.1) is 5.41 Å². The molecule has 3 N–H and O–H groups in total. The highest BCUT2D eigenvalue weighted by atomic mass is 16.7. The number of ether oxygens (including phenoxy) is 2. The maximum atomic E-state index is 12.9. The average molecular weight is 496 g/mol. The largest absolute Gasteiger partial charge is 0.427 e. The van der Waals surface area contributed by atoms with E-state index in [1.54, 1.807) is 20.8 Å². The molecule has 1 saturated heterocycles. The number of carbonyl (C=O) groups excluding carboxylic acids is 4. The molecule has 2 aromatic rings. The molecule has 0 spiro atoms. The molecule has 0 unspecified atom stereocenters. The molecule has 0 bridgehead atoms. The van der Waals surface area contributed by atoms with Crippen molar-refractivity contribution in [2.24, 2.45) is 5.41 Å². The lowest BCUT2D eigenvalue weighted by Crippen LogP contribution is -2.50. The molecular formula is C27H33N3O6. The molecule has 9 nitrogen and oxygen atoms in total. The normalized spacial score (nSPS) is 17.4. The Morgan fingerprint density at radius 1 is 0.889 bits per heavy atom. The predicted molar refractivity (Wildman–Crippen MR) is 132 cm³/mol. The van der Waals surface area contributed by atoms with Gasteiger partial charge in [-0.25, -0.2) is 0 Å². The van der Waals surface area contributed by atoms with Gasteiger partial charge in [-0.15, -0.1) is 0 Å². The fraction of sp³-hybridized carbons (Fsp3) is 0.407. The third-order valence-electron chi connectivity index (χ3n) is 5.59. The number of carbonyl (C=O) groups is 4. The summed E-state index contributed by atoms with van der Waals surface area (Å²) < 4.78 is 9.87. The number of nitrogens with one attached hydrogen (secondary N) is 3. The molecule has 192 valence electrons. The van der Waals surface area contributed by atoms with Gasteiger partial charge >= 0.3 is 11.9 Å². The molecule has 1 fully saturated rings. The quantitative estimate of drug-likeness (QED) is 0.244. The van der Waals surface area contributed by atoms with Crippen LogP contribution in [0.4, 0.5) is 0 Å². The highest BCUT2D eigenvalue weighted by molar-refractivity contribution is 5.97. The molecule has 1 aliphatic rings. The average Bonchev–Trinajstić information content (AvgIpc) is 3.65. The highest BCUT2D eigenvalue weighted by Gasteiger charge is 2.49. The number of benzene rings is 2. The summed E-state index contributed by atoms with van der Waals surface area (Å²) in [4.78, 5) is 49.7. The van der Waals surface area contributed by atoms with Gasteiger partial charge in [0.1, 0.15) is 18.1 Å². The fourth-order valence-corrected chi connectivity index (χ4v) is 3.43. The van der Waals surface area contributed by atoms with Gasteiger partial charge in [0.05, 0.1) is 5.41 Å². The predicted octanol–water partition coefficient (Wildman–Crippen LogP) is 1.50. The molecular weight excluding hydrogens is 462 g/mol. The summed E-state index contributed by atoms with van der Waals surface area (Å²) in [7, 11) is 0. The van der Waals surface area contributed by atoms with Crippen LogP contribution in [0.3, 0.4) is 0 Å². The lowest BCUT2D eigenvalue weighted by Gasteiger charge is -2.19. The smallest absolute Gasteiger partial charge is 0.328 e. The Balaban J connectivity index is 1.51. The lowest BCUT2D eigenvalue weighted by atomic mass is 9.98. The van der Waals surface area contributed by atoms with Gasteiger partial charge in [0.25, 0.3) is 0 Å². The van der Waals surface area contributed by atoms with Gasteiger partial charge in [0, 0.05) is 13.0 Å². The molecule has 1 aliphatic heterocycles. The number of esters is 2. The van der Waals surface area contributed by atoms with Crippen molar-refractivity contribution in [3.8, 4) is 0 Å². The van der Waals surface area contributed by atoms with Crippen molar-refractivity contribution < 1.29 is 28.7 Å². The van der Waals surface area contributed by atoms with Crippen molar-refractivity contribution in [3.63, 3.8) is 0 Å². The first-order valence-corrected chi connectivity index (χ1v) is 11.9. The number of rotatable bonds is 11. The monoisotopic (exact) mass is 495 g/mol. The minimum absolute atomic E-state index is 0.300. The van der Waals surface area contributed by atoms with E-state index in [0.717, 1.165) is 11.1 Å². The molecule has 36 heavy (non-hydrogen) atoms. The van der Waals surface area contributed by atoms with Gasteiger partial charge in [0.15, 0.2) is 0 Å². The Bertz CT molecular complexity index is 1050. The van der Waals surface area contributed by atoms with E-state index in [2.05, 4.69) is 16.0 Å². The molecule has 2 aromatic carbocycles. The topological polar surface area (TPSA) is 133 Å². The summed E-state index contributed by atoms with van der Waals surface area (Å²) in [6.45, 7) is 4.95. The molecule has 2 amide bonds. The third-order valence-corrected chi connectivity index (χ3v) is 5.59. The minimum atomic E-state index is -0.864. The van der Waals surface area contributed by atoms with Crippen molar-refractivity contribution in [1.82, 2.24) is 16.0 Å². The summed E-state index contributed by atoms with van der Waals surface area (Å²) in [5.41, 5.74) is 1.27. The zero-order valence-corrected chi connectivity index (χ0v) is 20.8. The molecule has 0 aliphatic carbocycles. The first-order valence-electron chi connectivity index (χ1n) is 11.9. The number of hydrogen-bond acceptors (Lipinski definition) is 7. The number of hydrogen-bond donors (Lipinski definition) is 3. The second-order valence-corrected chi connectivity index (χ2v) is 9.66. The Morgan fingerprint density at radius 2 is 1.50 bits per heavy atom. The maximum absolute atomic E-state index is 12.9. The lowest BCUT2D eigenvalue weighted by molar-refractivity contribution is -0.173. The number of amides is 2. The van der Waals surface area contributed by atoms with Crippen LogP contribution >= 0.6 is 0 Å². The summed E-state index contributed by atoms with van der Waals surface area (Å²) in [6.07, 6.45) is 0.963. The standard InChI is InChI=1S/C27H33N3O6/c1-27(2,3)26(34)36-17-35-25(33)22-21(30-22)24(32)29-20(16-19-12-8-5-9-13-19)23(31)28-15-14-18-10-6-4-7-11-18/h4-13,20-22,30H,14-17H2,1-3H3,(H,28,31)(H,29,32)/t20-,21-,22-/m0/s1. The van der Waals surface area contributed by atoms with Crippen LogP contribution in [-0.4, -0.2) is 55.2 Å². The van der Waals surface area contributed by atoms with Crippen LogP contribution in [0.25, 0.3) is 0 Å². The van der Waals surface area contributed by atoms with Crippen molar-refractivity contribution in [3.05, 3.63) is 71.8 Å². The summed E-state index contributed by atoms with van der Waals surface area (Å²) >= 11 is 0. The van der Waals surface area contributed by atoms with E-state index in [9.17, 15) is 19.2 Å². The first kappa shape index (κ1) is 26.9. The molecule has 0 saturated carbocycles. The van der Waals surface area contributed by atoms with Crippen LogP contribution in [0.5, 0.6) is 0 Å². The van der Waals surface area contributed by atoms with Gasteiger partial charge in [0.2, 0.25) is 18.6 Å². The first-order chi connectivity index (χ1) is 17.1. The minimum Gasteiger partial charge on any atom is -0.427 e.